The minimum Gasteiger partial charge on any atom is -0.507 e. The molecule has 1 amide bonds. The van der Waals surface area contributed by atoms with E-state index in [1.54, 1.807) is 6.07 Å². The van der Waals surface area contributed by atoms with Crippen molar-refractivity contribution >= 4 is 17.5 Å². The van der Waals surface area contributed by atoms with Crippen molar-refractivity contribution in [1.82, 2.24) is 10.6 Å². The summed E-state index contributed by atoms with van der Waals surface area (Å²) < 4.78 is 0. The topological polar surface area (TPSA) is 61.4 Å². The molecule has 1 aromatic carbocycles. The maximum Gasteiger partial charge on any atom is 0.255 e. The maximum atomic E-state index is 12.1. The van der Waals surface area contributed by atoms with E-state index in [0.29, 0.717) is 11.6 Å². The molecule has 1 fully saturated rings. The largest absolute Gasteiger partial charge is 0.507 e. The van der Waals surface area contributed by atoms with Gasteiger partial charge in [-0.1, -0.05) is 25.4 Å². The fourth-order valence-electron chi connectivity index (χ4n) is 2.61. The highest BCUT2D eigenvalue weighted by atomic mass is 35.5. The predicted molar refractivity (Wildman–Crippen MR) is 80.3 cm³/mol. The summed E-state index contributed by atoms with van der Waals surface area (Å²) >= 11 is 5.76. The van der Waals surface area contributed by atoms with Crippen LogP contribution in [0.3, 0.4) is 0 Å². The SMILES string of the molecule is CC1(C)CCCNC1CNC(=O)c1ccc(Cl)cc1O. The first kappa shape index (κ1) is 15.1. The summed E-state index contributed by atoms with van der Waals surface area (Å²) in [6, 6.07) is 4.75. The molecule has 0 aliphatic carbocycles. The second-order valence-electron chi connectivity index (χ2n) is 5.97. The van der Waals surface area contributed by atoms with Crippen LogP contribution in [0.15, 0.2) is 18.2 Å². The van der Waals surface area contributed by atoms with Gasteiger partial charge in [-0.15, -0.1) is 0 Å². The van der Waals surface area contributed by atoms with Gasteiger partial charge in [0.15, 0.2) is 0 Å². The molecule has 1 atom stereocenters. The fraction of sp³-hybridized carbons (Fsp3) is 0.533. The van der Waals surface area contributed by atoms with Crippen LogP contribution in [0.5, 0.6) is 5.75 Å². The Kier molecular flexibility index (Phi) is 4.55. The fourth-order valence-corrected chi connectivity index (χ4v) is 2.77. The molecule has 5 heteroatoms. The van der Waals surface area contributed by atoms with Gasteiger partial charge in [0, 0.05) is 17.6 Å². The first-order valence-corrected chi connectivity index (χ1v) is 7.28. The van der Waals surface area contributed by atoms with E-state index in [0.717, 1.165) is 19.4 Å². The number of hydrogen-bond acceptors (Lipinski definition) is 3. The number of hydrogen-bond donors (Lipinski definition) is 3. The van der Waals surface area contributed by atoms with Crippen molar-refractivity contribution in [3.63, 3.8) is 0 Å². The van der Waals surface area contributed by atoms with Crippen molar-refractivity contribution in [2.75, 3.05) is 13.1 Å². The van der Waals surface area contributed by atoms with E-state index in [9.17, 15) is 9.90 Å². The average molecular weight is 297 g/mol. The predicted octanol–water partition coefficient (Wildman–Crippen LogP) is 2.55. The number of phenols is 1. The van der Waals surface area contributed by atoms with Gasteiger partial charge in [0.2, 0.25) is 0 Å². The minimum absolute atomic E-state index is 0.0918. The van der Waals surface area contributed by atoms with E-state index >= 15 is 0 Å². The van der Waals surface area contributed by atoms with E-state index < -0.39 is 0 Å². The molecule has 1 aliphatic rings. The monoisotopic (exact) mass is 296 g/mol. The lowest BCUT2D eigenvalue weighted by atomic mass is 9.77. The smallest absolute Gasteiger partial charge is 0.255 e. The molecule has 1 unspecified atom stereocenters. The van der Waals surface area contributed by atoms with Crippen LogP contribution in [0.1, 0.15) is 37.0 Å². The third-order valence-electron chi connectivity index (χ3n) is 4.00. The van der Waals surface area contributed by atoms with E-state index in [1.807, 2.05) is 0 Å². The third kappa shape index (κ3) is 3.44. The Morgan fingerprint density at radius 2 is 2.30 bits per heavy atom. The number of piperidine rings is 1. The molecule has 0 saturated carbocycles. The van der Waals surface area contributed by atoms with Crippen LogP contribution >= 0.6 is 11.6 Å². The summed E-state index contributed by atoms with van der Waals surface area (Å²) in [6.45, 7) is 5.94. The molecule has 1 aliphatic heterocycles. The lowest BCUT2D eigenvalue weighted by Crippen LogP contribution is -2.52. The Bertz CT molecular complexity index is 503. The number of halogens is 1. The molecular weight excluding hydrogens is 276 g/mol. The number of nitrogens with one attached hydrogen (secondary N) is 2. The van der Waals surface area contributed by atoms with Crippen LogP contribution in [0, 0.1) is 5.41 Å². The number of rotatable bonds is 3. The van der Waals surface area contributed by atoms with Gasteiger partial charge < -0.3 is 15.7 Å². The molecule has 110 valence electrons. The summed E-state index contributed by atoms with van der Waals surface area (Å²) in [6.07, 6.45) is 2.31. The average Bonchev–Trinajstić information content (AvgIpc) is 2.36. The highest BCUT2D eigenvalue weighted by molar-refractivity contribution is 6.30. The van der Waals surface area contributed by atoms with Gasteiger partial charge in [-0.05, 0) is 43.0 Å². The zero-order valence-electron chi connectivity index (χ0n) is 11.9. The Morgan fingerprint density at radius 3 is 2.95 bits per heavy atom. The maximum absolute atomic E-state index is 12.1. The zero-order chi connectivity index (χ0) is 14.8. The lowest BCUT2D eigenvalue weighted by molar-refractivity contribution is 0.0926. The van der Waals surface area contributed by atoms with Crippen LogP contribution in [0.4, 0.5) is 0 Å². The highest BCUT2D eigenvalue weighted by Crippen LogP contribution is 2.29. The van der Waals surface area contributed by atoms with Crippen LogP contribution < -0.4 is 10.6 Å². The van der Waals surface area contributed by atoms with E-state index in [1.165, 1.54) is 12.1 Å². The summed E-state index contributed by atoms with van der Waals surface area (Å²) in [4.78, 5) is 12.1. The molecule has 0 spiro atoms. The van der Waals surface area contributed by atoms with Crippen molar-refractivity contribution < 1.29 is 9.90 Å². The van der Waals surface area contributed by atoms with E-state index in [4.69, 9.17) is 11.6 Å². The molecule has 1 heterocycles. The number of phenolic OH excluding ortho intramolecular Hbond substituents is 1. The normalized spacial score (nSPS) is 21.4. The summed E-state index contributed by atoms with van der Waals surface area (Å²) in [5, 5.41) is 16.5. The van der Waals surface area contributed by atoms with Crippen molar-refractivity contribution in [2.24, 2.45) is 5.41 Å². The number of carbonyl (C=O) groups is 1. The summed E-state index contributed by atoms with van der Waals surface area (Å²) in [7, 11) is 0. The summed E-state index contributed by atoms with van der Waals surface area (Å²) in [5.41, 5.74) is 0.413. The van der Waals surface area contributed by atoms with Crippen LogP contribution in [-0.2, 0) is 0 Å². The molecule has 0 bridgehead atoms. The highest BCUT2D eigenvalue weighted by Gasteiger charge is 2.32. The molecule has 1 aromatic rings. The third-order valence-corrected chi connectivity index (χ3v) is 4.24. The van der Waals surface area contributed by atoms with Crippen molar-refractivity contribution in [2.45, 2.75) is 32.7 Å². The van der Waals surface area contributed by atoms with Crippen molar-refractivity contribution in [1.29, 1.82) is 0 Å². The molecule has 1 saturated heterocycles. The standard InChI is InChI=1S/C15H21ClN2O2/c1-15(2)6-3-7-17-13(15)9-18-14(20)11-5-4-10(16)8-12(11)19/h4-5,8,13,17,19H,3,6-7,9H2,1-2H3,(H,18,20). The van der Waals surface area contributed by atoms with Crippen LogP contribution in [0.2, 0.25) is 5.02 Å². The van der Waals surface area contributed by atoms with Gasteiger partial charge in [0.25, 0.3) is 5.91 Å². The molecular formula is C15H21ClN2O2. The van der Waals surface area contributed by atoms with Crippen LogP contribution in [-0.4, -0.2) is 30.1 Å². The Morgan fingerprint density at radius 1 is 1.55 bits per heavy atom. The van der Waals surface area contributed by atoms with E-state index in [2.05, 4.69) is 24.5 Å². The minimum atomic E-state index is -0.276. The quantitative estimate of drug-likeness (QED) is 0.803. The molecule has 4 nitrogen and oxygen atoms in total. The number of benzene rings is 1. The van der Waals surface area contributed by atoms with Gasteiger partial charge in [-0.3, -0.25) is 4.79 Å². The Labute approximate surface area is 124 Å². The number of amides is 1. The van der Waals surface area contributed by atoms with Crippen molar-refractivity contribution in [3.05, 3.63) is 28.8 Å². The van der Waals surface area contributed by atoms with E-state index in [-0.39, 0.29) is 28.7 Å². The summed E-state index contributed by atoms with van der Waals surface area (Å²) in [5.74, 6) is -0.367. The molecule has 2 rings (SSSR count). The van der Waals surface area contributed by atoms with Gasteiger partial charge >= 0.3 is 0 Å². The molecule has 3 N–H and O–H groups in total. The van der Waals surface area contributed by atoms with Gasteiger partial charge in [0.1, 0.15) is 5.75 Å². The van der Waals surface area contributed by atoms with Gasteiger partial charge in [-0.25, -0.2) is 0 Å². The Balaban J connectivity index is 1.98. The number of carbonyl (C=O) groups excluding carboxylic acids is 1. The second-order valence-corrected chi connectivity index (χ2v) is 6.41. The van der Waals surface area contributed by atoms with Gasteiger partial charge in [0.05, 0.1) is 5.56 Å². The molecule has 0 aromatic heterocycles. The van der Waals surface area contributed by atoms with Crippen LogP contribution in [0.25, 0.3) is 0 Å². The Hall–Kier alpha value is -1.26. The second kappa shape index (κ2) is 6.02. The lowest BCUT2D eigenvalue weighted by Gasteiger charge is -2.39. The zero-order valence-corrected chi connectivity index (χ0v) is 12.6. The van der Waals surface area contributed by atoms with Crippen molar-refractivity contribution in [3.8, 4) is 5.75 Å². The number of aromatic hydroxyl groups is 1. The first-order valence-electron chi connectivity index (χ1n) is 6.90. The molecule has 20 heavy (non-hydrogen) atoms. The molecule has 0 radical (unpaired) electrons. The first-order chi connectivity index (χ1) is 9.40. The van der Waals surface area contributed by atoms with Gasteiger partial charge in [-0.2, -0.15) is 0 Å².